The second-order valence-electron chi connectivity index (χ2n) is 5.08. The summed E-state index contributed by atoms with van der Waals surface area (Å²) in [4.78, 5) is 12.0. The van der Waals surface area contributed by atoms with Gasteiger partial charge in [-0.1, -0.05) is 13.8 Å². The van der Waals surface area contributed by atoms with Crippen molar-refractivity contribution >= 4 is 17.7 Å². The Morgan fingerprint density at radius 3 is 3.00 bits per heavy atom. The summed E-state index contributed by atoms with van der Waals surface area (Å²) in [5.41, 5.74) is 1.62. The Labute approximate surface area is 113 Å². The molecule has 0 bridgehead atoms. The van der Waals surface area contributed by atoms with Gasteiger partial charge in [-0.3, -0.25) is 9.48 Å². The zero-order valence-electron chi connectivity index (χ0n) is 11.3. The van der Waals surface area contributed by atoms with E-state index in [0.29, 0.717) is 16.9 Å². The molecule has 2 rings (SSSR count). The molecule has 0 spiro atoms. The molecule has 1 saturated heterocycles. The van der Waals surface area contributed by atoms with Gasteiger partial charge in [0, 0.05) is 24.5 Å². The molecule has 0 radical (unpaired) electrons. The number of aryl methyl sites for hydroxylation is 1. The SMILES string of the molecule is CC(C)c1cc(C(=O)NC[C@@H]2CCCS2)nn1C. The average molecular weight is 267 g/mol. The van der Waals surface area contributed by atoms with Crippen LogP contribution in [0.5, 0.6) is 0 Å². The molecule has 0 aliphatic carbocycles. The molecule has 0 aromatic carbocycles. The Balaban J connectivity index is 1.93. The zero-order valence-corrected chi connectivity index (χ0v) is 12.1. The lowest BCUT2D eigenvalue weighted by Crippen LogP contribution is -2.30. The Kier molecular flexibility index (Phi) is 4.32. The standard InChI is InChI=1S/C13H21N3OS/c1-9(2)12-7-11(15-16(12)3)13(17)14-8-10-5-4-6-18-10/h7,9-10H,4-6,8H2,1-3H3,(H,14,17)/t10-/m0/s1. The summed E-state index contributed by atoms with van der Waals surface area (Å²) in [7, 11) is 1.89. The van der Waals surface area contributed by atoms with E-state index in [1.54, 1.807) is 4.68 Å². The maximum atomic E-state index is 12.0. The third-order valence-electron chi connectivity index (χ3n) is 3.25. The van der Waals surface area contributed by atoms with E-state index in [0.717, 1.165) is 12.2 Å². The number of rotatable bonds is 4. The van der Waals surface area contributed by atoms with Gasteiger partial charge in [0.1, 0.15) is 5.69 Å². The second kappa shape index (κ2) is 5.78. The summed E-state index contributed by atoms with van der Waals surface area (Å²) < 4.78 is 1.80. The third kappa shape index (κ3) is 3.07. The van der Waals surface area contributed by atoms with Crippen molar-refractivity contribution in [3.8, 4) is 0 Å². The summed E-state index contributed by atoms with van der Waals surface area (Å²) >= 11 is 1.95. The molecule has 1 aromatic rings. The molecule has 1 atom stereocenters. The first-order chi connectivity index (χ1) is 8.58. The van der Waals surface area contributed by atoms with E-state index in [1.165, 1.54) is 18.6 Å². The predicted molar refractivity (Wildman–Crippen MR) is 75.1 cm³/mol. The molecule has 1 amide bonds. The fourth-order valence-corrected chi connectivity index (χ4v) is 3.44. The van der Waals surface area contributed by atoms with Crippen LogP contribution in [-0.2, 0) is 7.05 Å². The van der Waals surface area contributed by atoms with Crippen molar-refractivity contribution in [2.45, 2.75) is 37.9 Å². The minimum atomic E-state index is -0.0509. The molecule has 1 N–H and O–H groups in total. The monoisotopic (exact) mass is 267 g/mol. The van der Waals surface area contributed by atoms with Crippen LogP contribution in [0.2, 0.25) is 0 Å². The van der Waals surface area contributed by atoms with Gasteiger partial charge in [-0.25, -0.2) is 0 Å². The van der Waals surface area contributed by atoms with Crippen LogP contribution in [0.15, 0.2) is 6.07 Å². The first kappa shape index (κ1) is 13.5. The number of nitrogens with one attached hydrogen (secondary N) is 1. The number of hydrogen-bond acceptors (Lipinski definition) is 3. The highest BCUT2D eigenvalue weighted by Gasteiger charge is 2.18. The van der Waals surface area contributed by atoms with Crippen LogP contribution in [0, 0.1) is 0 Å². The fourth-order valence-electron chi connectivity index (χ4n) is 2.24. The molecule has 100 valence electrons. The smallest absolute Gasteiger partial charge is 0.271 e. The largest absolute Gasteiger partial charge is 0.350 e. The van der Waals surface area contributed by atoms with Crippen molar-refractivity contribution in [2.75, 3.05) is 12.3 Å². The van der Waals surface area contributed by atoms with E-state index < -0.39 is 0 Å². The predicted octanol–water partition coefficient (Wildman–Crippen LogP) is 2.17. The number of aromatic nitrogens is 2. The Morgan fingerprint density at radius 1 is 1.67 bits per heavy atom. The van der Waals surface area contributed by atoms with Crippen LogP contribution in [0.25, 0.3) is 0 Å². The van der Waals surface area contributed by atoms with E-state index in [9.17, 15) is 4.79 Å². The Hall–Kier alpha value is -0.970. The van der Waals surface area contributed by atoms with Gasteiger partial charge < -0.3 is 5.32 Å². The number of thioether (sulfide) groups is 1. The molecule has 1 aromatic heterocycles. The fraction of sp³-hybridized carbons (Fsp3) is 0.692. The van der Waals surface area contributed by atoms with E-state index in [1.807, 2.05) is 24.9 Å². The topological polar surface area (TPSA) is 46.9 Å². The first-order valence-corrected chi connectivity index (χ1v) is 7.56. The lowest BCUT2D eigenvalue weighted by molar-refractivity contribution is 0.0948. The van der Waals surface area contributed by atoms with Crippen LogP contribution in [0.3, 0.4) is 0 Å². The number of nitrogens with zero attached hydrogens (tertiary/aromatic N) is 2. The lowest BCUT2D eigenvalue weighted by Gasteiger charge is -2.08. The summed E-state index contributed by atoms with van der Waals surface area (Å²) in [6, 6.07) is 1.89. The number of hydrogen-bond donors (Lipinski definition) is 1. The maximum Gasteiger partial charge on any atom is 0.271 e. The van der Waals surface area contributed by atoms with Crippen LogP contribution >= 0.6 is 11.8 Å². The summed E-state index contributed by atoms with van der Waals surface area (Å²) in [6.07, 6.45) is 2.48. The zero-order chi connectivity index (χ0) is 13.1. The normalized spacial score (nSPS) is 19.4. The molecule has 2 heterocycles. The van der Waals surface area contributed by atoms with Crippen LogP contribution < -0.4 is 5.32 Å². The van der Waals surface area contributed by atoms with Gasteiger partial charge in [-0.05, 0) is 30.6 Å². The van der Waals surface area contributed by atoms with Gasteiger partial charge in [0.2, 0.25) is 0 Å². The van der Waals surface area contributed by atoms with E-state index in [2.05, 4.69) is 24.3 Å². The Bertz CT molecular complexity index is 422. The minimum absolute atomic E-state index is 0.0509. The molecule has 1 fully saturated rings. The number of carbonyl (C=O) groups is 1. The van der Waals surface area contributed by atoms with Crippen molar-refractivity contribution < 1.29 is 4.79 Å². The highest BCUT2D eigenvalue weighted by atomic mass is 32.2. The van der Waals surface area contributed by atoms with E-state index >= 15 is 0 Å². The van der Waals surface area contributed by atoms with E-state index in [-0.39, 0.29) is 5.91 Å². The van der Waals surface area contributed by atoms with Crippen molar-refractivity contribution in [3.05, 3.63) is 17.5 Å². The molecule has 0 saturated carbocycles. The van der Waals surface area contributed by atoms with Crippen LogP contribution in [0.4, 0.5) is 0 Å². The van der Waals surface area contributed by atoms with Crippen molar-refractivity contribution in [1.82, 2.24) is 15.1 Å². The van der Waals surface area contributed by atoms with Gasteiger partial charge in [-0.15, -0.1) is 0 Å². The van der Waals surface area contributed by atoms with Crippen molar-refractivity contribution in [3.63, 3.8) is 0 Å². The highest BCUT2D eigenvalue weighted by Crippen LogP contribution is 2.25. The highest BCUT2D eigenvalue weighted by molar-refractivity contribution is 8.00. The Morgan fingerprint density at radius 2 is 2.44 bits per heavy atom. The molecule has 0 unspecified atom stereocenters. The van der Waals surface area contributed by atoms with Crippen molar-refractivity contribution in [1.29, 1.82) is 0 Å². The molecule has 5 heteroatoms. The van der Waals surface area contributed by atoms with Gasteiger partial charge in [0.05, 0.1) is 0 Å². The number of amides is 1. The quantitative estimate of drug-likeness (QED) is 0.909. The van der Waals surface area contributed by atoms with Crippen LogP contribution in [0.1, 0.15) is 48.8 Å². The molecule has 4 nitrogen and oxygen atoms in total. The minimum Gasteiger partial charge on any atom is -0.350 e. The summed E-state index contributed by atoms with van der Waals surface area (Å²) in [5.74, 6) is 1.56. The van der Waals surface area contributed by atoms with Crippen molar-refractivity contribution in [2.24, 2.45) is 7.05 Å². The summed E-state index contributed by atoms with van der Waals surface area (Å²) in [5, 5.41) is 7.85. The van der Waals surface area contributed by atoms with E-state index in [4.69, 9.17) is 0 Å². The second-order valence-corrected chi connectivity index (χ2v) is 6.49. The van der Waals surface area contributed by atoms with Gasteiger partial charge >= 0.3 is 0 Å². The average Bonchev–Trinajstić information content (AvgIpc) is 2.94. The van der Waals surface area contributed by atoms with Gasteiger partial charge in [0.15, 0.2) is 0 Å². The molecule has 18 heavy (non-hydrogen) atoms. The molecule has 1 aliphatic rings. The van der Waals surface area contributed by atoms with Gasteiger partial charge in [-0.2, -0.15) is 16.9 Å². The third-order valence-corrected chi connectivity index (χ3v) is 4.65. The maximum absolute atomic E-state index is 12.0. The van der Waals surface area contributed by atoms with Gasteiger partial charge in [0.25, 0.3) is 5.91 Å². The molecular weight excluding hydrogens is 246 g/mol. The first-order valence-electron chi connectivity index (χ1n) is 6.51. The number of carbonyl (C=O) groups excluding carboxylic acids is 1. The molecular formula is C13H21N3OS. The van der Waals surface area contributed by atoms with Crippen LogP contribution in [-0.4, -0.2) is 33.2 Å². The lowest BCUT2D eigenvalue weighted by atomic mass is 10.1. The summed E-state index contributed by atoms with van der Waals surface area (Å²) in [6.45, 7) is 4.97. The molecule has 1 aliphatic heterocycles.